The summed E-state index contributed by atoms with van der Waals surface area (Å²) in [5, 5.41) is 0. The molecule has 1 rings (SSSR count). The molecule has 0 amide bonds. The van der Waals surface area contributed by atoms with Crippen molar-refractivity contribution < 1.29 is 9.13 Å². The van der Waals surface area contributed by atoms with Crippen LogP contribution < -0.4 is 10.5 Å². The van der Waals surface area contributed by atoms with Crippen molar-refractivity contribution in [1.29, 1.82) is 0 Å². The van der Waals surface area contributed by atoms with Crippen molar-refractivity contribution in [2.75, 3.05) is 13.2 Å². The normalized spacial score (nSPS) is 12.5. The number of nitrogens with two attached hydrogens (primary N) is 1. The number of alkyl halides is 1. The standard InChI is InChI=1S/C10H14FNO/c1-2-13-10-6-4-3-5-8(10)9(11)7-12/h3-6,9H,2,7,12H2,1H3. The molecule has 1 unspecified atom stereocenters. The van der Waals surface area contributed by atoms with E-state index < -0.39 is 6.17 Å². The molecule has 72 valence electrons. The van der Waals surface area contributed by atoms with Gasteiger partial charge in [0.05, 0.1) is 6.61 Å². The zero-order valence-corrected chi connectivity index (χ0v) is 7.66. The predicted molar refractivity (Wildman–Crippen MR) is 50.5 cm³/mol. The maximum absolute atomic E-state index is 13.2. The second-order valence-corrected chi connectivity index (χ2v) is 2.67. The molecule has 0 saturated carbocycles. The van der Waals surface area contributed by atoms with E-state index in [1.807, 2.05) is 13.0 Å². The van der Waals surface area contributed by atoms with Gasteiger partial charge in [0.15, 0.2) is 0 Å². The van der Waals surface area contributed by atoms with E-state index >= 15 is 0 Å². The molecule has 0 fully saturated rings. The van der Waals surface area contributed by atoms with Crippen LogP contribution in [-0.2, 0) is 0 Å². The van der Waals surface area contributed by atoms with Gasteiger partial charge in [-0.05, 0) is 13.0 Å². The van der Waals surface area contributed by atoms with Crippen LogP contribution in [0.15, 0.2) is 24.3 Å². The van der Waals surface area contributed by atoms with Gasteiger partial charge in [-0.15, -0.1) is 0 Å². The molecule has 0 heterocycles. The van der Waals surface area contributed by atoms with Gasteiger partial charge in [0.2, 0.25) is 0 Å². The Kier molecular flexibility index (Phi) is 3.71. The van der Waals surface area contributed by atoms with Crippen molar-refractivity contribution in [3.63, 3.8) is 0 Å². The number of hydrogen-bond donors (Lipinski definition) is 1. The summed E-state index contributed by atoms with van der Waals surface area (Å²) in [4.78, 5) is 0. The SMILES string of the molecule is CCOc1ccccc1C(F)CN. The van der Waals surface area contributed by atoms with E-state index in [1.165, 1.54) is 0 Å². The summed E-state index contributed by atoms with van der Waals surface area (Å²) < 4.78 is 18.5. The average Bonchev–Trinajstić information content (AvgIpc) is 2.18. The topological polar surface area (TPSA) is 35.2 Å². The van der Waals surface area contributed by atoms with E-state index in [0.717, 1.165) is 0 Å². The zero-order valence-electron chi connectivity index (χ0n) is 7.66. The van der Waals surface area contributed by atoms with E-state index in [4.69, 9.17) is 10.5 Å². The molecule has 0 aliphatic heterocycles. The lowest BCUT2D eigenvalue weighted by Crippen LogP contribution is -2.09. The monoisotopic (exact) mass is 183 g/mol. The molecule has 0 aromatic heterocycles. The van der Waals surface area contributed by atoms with E-state index in [2.05, 4.69) is 0 Å². The van der Waals surface area contributed by atoms with E-state index in [1.54, 1.807) is 18.2 Å². The molecule has 1 aromatic rings. The first-order valence-electron chi connectivity index (χ1n) is 4.35. The van der Waals surface area contributed by atoms with Crippen molar-refractivity contribution in [2.45, 2.75) is 13.1 Å². The summed E-state index contributed by atoms with van der Waals surface area (Å²) in [5.41, 5.74) is 5.77. The number of hydrogen-bond acceptors (Lipinski definition) is 2. The molecule has 0 bridgehead atoms. The van der Waals surface area contributed by atoms with Crippen molar-refractivity contribution in [2.24, 2.45) is 5.73 Å². The maximum Gasteiger partial charge on any atom is 0.141 e. The van der Waals surface area contributed by atoms with Crippen molar-refractivity contribution >= 4 is 0 Å². The van der Waals surface area contributed by atoms with Crippen molar-refractivity contribution in [3.8, 4) is 5.75 Å². The lowest BCUT2D eigenvalue weighted by atomic mass is 10.1. The Hall–Kier alpha value is -1.09. The lowest BCUT2D eigenvalue weighted by molar-refractivity contribution is 0.305. The molecule has 1 aromatic carbocycles. The lowest BCUT2D eigenvalue weighted by Gasteiger charge is -2.11. The Balaban J connectivity index is 2.90. The predicted octanol–water partition coefficient (Wildman–Crippen LogP) is 2.05. The number of rotatable bonds is 4. The average molecular weight is 183 g/mol. The Bertz CT molecular complexity index is 265. The minimum Gasteiger partial charge on any atom is -0.493 e. The van der Waals surface area contributed by atoms with Crippen LogP contribution in [-0.4, -0.2) is 13.2 Å². The van der Waals surface area contributed by atoms with Crippen LogP contribution in [0.1, 0.15) is 18.7 Å². The summed E-state index contributed by atoms with van der Waals surface area (Å²) in [6, 6.07) is 7.04. The van der Waals surface area contributed by atoms with Gasteiger partial charge in [0.25, 0.3) is 0 Å². The number of halogens is 1. The fourth-order valence-corrected chi connectivity index (χ4v) is 1.15. The molecule has 0 aliphatic carbocycles. The maximum atomic E-state index is 13.2. The molecule has 0 radical (unpaired) electrons. The first-order valence-corrected chi connectivity index (χ1v) is 4.35. The van der Waals surface area contributed by atoms with Gasteiger partial charge < -0.3 is 10.5 Å². The fraction of sp³-hybridized carbons (Fsp3) is 0.400. The third-order valence-corrected chi connectivity index (χ3v) is 1.76. The van der Waals surface area contributed by atoms with Gasteiger partial charge in [-0.1, -0.05) is 18.2 Å². The molecule has 2 N–H and O–H groups in total. The van der Waals surface area contributed by atoms with Crippen LogP contribution in [0, 0.1) is 0 Å². The molecule has 3 heteroatoms. The summed E-state index contributed by atoms with van der Waals surface area (Å²) in [6.07, 6.45) is -1.14. The minimum atomic E-state index is -1.14. The first kappa shape index (κ1) is 9.99. The van der Waals surface area contributed by atoms with E-state index in [0.29, 0.717) is 17.9 Å². The van der Waals surface area contributed by atoms with E-state index in [-0.39, 0.29) is 6.54 Å². The minimum absolute atomic E-state index is 0.00983. The van der Waals surface area contributed by atoms with Gasteiger partial charge in [0, 0.05) is 12.1 Å². The molecule has 0 spiro atoms. The highest BCUT2D eigenvalue weighted by molar-refractivity contribution is 5.35. The molecular formula is C10H14FNO. The molecule has 13 heavy (non-hydrogen) atoms. The fourth-order valence-electron chi connectivity index (χ4n) is 1.15. The highest BCUT2D eigenvalue weighted by Gasteiger charge is 2.12. The number of benzene rings is 1. The Labute approximate surface area is 77.5 Å². The summed E-state index contributed by atoms with van der Waals surface area (Å²) in [6.45, 7) is 2.39. The molecular weight excluding hydrogens is 169 g/mol. The summed E-state index contributed by atoms with van der Waals surface area (Å²) >= 11 is 0. The van der Waals surface area contributed by atoms with Gasteiger partial charge in [-0.2, -0.15) is 0 Å². The van der Waals surface area contributed by atoms with Crippen LogP contribution >= 0.6 is 0 Å². The highest BCUT2D eigenvalue weighted by atomic mass is 19.1. The van der Waals surface area contributed by atoms with Crippen molar-refractivity contribution in [1.82, 2.24) is 0 Å². The van der Waals surface area contributed by atoms with Crippen LogP contribution in [0.2, 0.25) is 0 Å². The molecule has 0 saturated heterocycles. The largest absolute Gasteiger partial charge is 0.493 e. The van der Waals surface area contributed by atoms with Crippen LogP contribution in [0.4, 0.5) is 4.39 Å². The zero-order chi connectivity index (χ0) is 9.68. The summed E-state index contributed by atoms with van der Waals surface area (Å²) in [5.74, 6) is 0.586. The smallest absolute Gasteiger partial charge is 0.141 e. The molecule has 0 aliphatic rings. The van der Waals surface area contributed by atoms with Crippen LogP contribution in [0.25, 0.3) is 0 Å². The molecule has 2 nitrogen and oxygen atoms in total. The van der Waals surface area contributed by atoms with Gasteiger partial charge in [0.1, 0.15) is 11.9 Å². The quantitative estimate of drug-likeness (QED) is 0.775. The first-order chi connectivity index (χ1) is 6.29. The van der Waals surface area contributed by atoms with Gasteiger partial charge >= 0.3 is 0 Å². The third kappa shape index (κ3) is 2.42. The van der Waals surface area contributed by atoms with Gasteiger partial charge in [-0.25, -0.2) is 4.39 Å². The van der Waals surface area contributed by atoms with Crippen LogP contribution in [0.5, 0.6) is 5.75 Å². The Morgan fingerprint density at radius 1 is 1.46 bits per heavy atom. The summed E-state index contributed by atoms with van der Waals surface area (Å²) in [7, 11) is 0. The second kappa shape index (κ2) is 4.82. The van der Waals surface area contributed by atoms with E-state index in [9.17, 15) is 4.39 Å². The third-order valence-electron chi connectivity index (χ3n) is 1.76. The number of para-hydroxylation sites is 1. The van der Waals surface area contributed by atoms with Gasteiger partial charge in [-0.3, -0.25) is 0 Å². The highest BCUT2D eigenvalue weighted by Crippen LogP contribution is 2.26. The Morgan fingerprint density at radius 2 is 2.15 bits per heavy atom. The second-order valence-electron chi connectivity index (χ2n) is 2.67. The van der Waals surface area contributed by atoms with Crippen molar-refractivity contribution in [3.05, 3.63) is 29.8 Å². The Morgan fingerprint density at radius 3 is 2.77 bits per heavy atom. The van der Waals surface area contributed by atoms with Crippen LogP contribution in [0.3, 0.4) is 0 Å². The number of ether oxygens (including phenoxy) is 1. The molecule has 1 atom stereocenters.